The summed E-state index contributed by atoms with van der Waals surface area (Å²) >= 11 is 0. The van der Waals surface area contributed by atoms with E-state index in [0.29, 0.717) is 5.56 Å². The van der Waals surface area contributed by atoms with E-state index in [1.807, 2.05) is 13.8 Å². The van der Waals surface area contributed by atoms with Crippen LogP contribution in [0.25, 0.3) is 0 Å². The first kappa shape index (κ1) is 9.56. The molecule has 0 heterocycles. The number of fused-ring (bicyclic) bond motifs is 1. The molecule has 0 bridgehead atoms. The highest BCUT2D eigenvalue weighted by Crippen LogP contribution is 2.47. The molecule has 76 valence electrons. The third kappa shape index (κ3) is 1.15. The van der Waals surface area contributed by atoms with Gasteiger partial charge in [-0.3, -0.25) is 0 Å². The third-order valence-corrected chi connectivity index (χ3v) is 2.86. The number of alkyl halides is 1. The Bertz CT molecular complexity index is 382. The van der Waals surface area contributed by atoms with Gasteiger partial charge in [-0.05, 0) is 23.5 Å². The van der Waals surface area contributed by atoms with E-state index in [-0.39, 0.29) is 12.0 Å². The van der Waals surface area contributed by atoms with Crippen LogP contribution in [0.1, 0.15) is 37.6 Å². The van der Waals surface area contributed by atoms with Crippen LogP contribution in [-0.4, -0.2) is 0 Å². The number of hydrogen-bond donors (Lipinski definition) is 0. The molecule has 0 aromatic heterocycles. The maximum absolute atomic E-state index is 13.4. The monoisotopic (exact) mass is 200 g/mol. The van der Waals surface area contributed by atoms with Crippen LogP contribution in [0, 0.1) is 11.6 Å². The number of hydrogen-bond acceptors (Lipinski definition) is 0. The van der Waals surface area contributed by atoms with E-state index >= 15 is 0 Å². The third-order valence-electron chi connectivity index (χ3n) is 2.86. The first-order valence-corrected chi connectivity index (χ1v) is 4.56. The van der Waals surface area contributed by atoms with Crippen molar-refractivity contribution in [3.05, 3.63) is 34.9 Å². The summed E-state index contributed by atoms with van der Waals surface area (Å²) in [4.78, 5) is 0. The average Bonchev–Trinajstić information content (AvgIpc) is 2.29. The fourth-order valence-electron chi connectivity index (χ4n) is 2.12. The van der Waals surface area contributed by atoms with Crippen LogP contribution in [-0.2, 0) is 5.41 Å². The van der Waals surface area contributed by atoms with E-state index in [0.717, 1.165) is 6.07 Å². The molecule has 0 fully saturated rings. The van der Waals surface area contributed by atoms with Crippen LogP contribution < -0.4 is 0 Å². The number of rotatable bonds is 0. The summed E-state index contributed by atoms with van der Waals surface area (Å²) < 4.78 is 39.6. The summed E-state index contributed by atoms with van der Waals surface area (Å²) in [6.07, 6.45) is -1.15. The lowest BCUT2D eigenvalue weighted by Gasteiger charge is -2.18. The van der Waals surface area contributed by atoms with Gasteiger partial charge in [0, 0.05) is 5.56 Å². The molecule has 0 saturated heterocycles. The molecule has 0 spiro atoms. The normalized spacial score (nSPS) is 23.6. The molecular formula is C11H11F3. The van der Waals surface area contributed by atoms with Gasteiger partial charge in [-0.2, -0.15) is 0 Å². The summed E-state index contributed by atoms with van der Waals surface area (Å²) in [5, 5.41) is 0. The summed E-state index contributed by atoms with van der Waals surface area (Å²) in [5.41, 5.74) is 0.0995. The Hall–Kier alpha value is -0.990. The zero-order valence-corrected chi connectivity index (χ0v) is 8.07. The van der Waals surface area contributed by atoms with Crippen LogP contribution in [0.4, 0.5) is 13.2 Å². The van der Waals surface area contributed by atoms with Gasteiger partial charge in [0.2, 0.25) is 0 Å². The molecule has 0 N–H and O–H groups in total. The summed E-state index contributed by atoms with van der Waals surface area (Å²) in [5.74, 6) is -2.00. The van der Waals surface area contributed by atoms with Crippen LogP contribution in [0.5, 0.6) is 0 Å². The maximum atomic E-state index is 13.4. The van der Waals surface area contributed by atoms with E-state index in [1.54, 1.807) is 0 Å². The van der Waals surface area contributed by atoms with Crippen molar-refractivity contribution in [1.82, 2.24) is 0 Å². The largest absolute Gasteiger partial charge is 0.242 e. The van der Waals surface area contributed by atoms with Crippen molar-refractivity contribution >= 4 is 0 Å². The molecular weight excluding hydrogens is 189 g/mol. The summed E-state index contributed by atoms with van der Waals surface area (Å²) in [6.45, 7) is 3.67. The van der Waals surface area contributed by atoms with Crippen molar-refractivity contribution in [1.29, 1.82) is 0 Å². The average molecular weight is 200 g/mol. The zero-order valence-electron chi connectivity index (χ0n) is 8.07. The SMILES string of the molecule is CC1(C)CC(F)c2c1ccc(F)c2F. The lowest BCUT2D eigenvalue weighted by molar-refractivity contribution is 0.294. The van der Waals surface area contributed by atoms with Gasteiger partial charge < -0.3 is 0 Å². The molecule has 14 heavy (non-hydrogen) atoms. The molecule has 1 unspecified atom stereocenters. The van der Waals surface area contributed by atoms with E-state index in [9.17, 15) is 13.2 Å². The van der Waals surface area contributed by atoms with Gasteiger partial charge in [0.1, 0.15) is 6.17 Å². The van der Waals surface area contributed by atoms with Crippen LogP contribution in [0.15, 0.2) is 12.1 Å². The van der Waals surface area contributed by atoms with Crippen molar-refractivity contribution in [2.75, 3.05) is 0 Å². The quantitative estimate of drug-likeness (QED) is 0.599. The molecule has 1 aliphatic carbocycles. The zero-order chi connectivity index (χ0) is 10.5. The van der Waals surface area contributed by atoms with E-state index < -0.39 is 23.2 Å². The molecule has 3 heteroatoms. The predicted octanol–water partition coefficient (Wildman–Crippen LogP) is 3.66. The van der Waals surface area contributed by atoms with Gasteiger partial charge in [-0.1, -0.05) is 19.9 Å². The number of halogens is 3. The molecule has 0 aliphatic heterocycles. The summed E-state index contributed by atoms with van der Waals surface area (Å²) in [7, 11) is 0. The molecule has 0 saturated carbocycles. The first-order valence-electron chi connectivity index (χ1n) is 4.56. The topological polar surface area (TPSA) is 0 Å². The van der Waals surface area contributed by atoms with Crippen molar-refractivity contribution < 1.29 is 13.2 Å². The van der Waals surface area contributed by atoms with Gasteiger partial charge in [-0.15, -0.1) is 0 Å². The fourth-order valence-corrected chi connectivity index (χ4v) is 2.12. The van der Waals surface area contributed by atoms with Gasteiger partial charge in [0.25, 0.3) is 0 Å². The van der Waals surface area contributed by atoms with Gasteiger partial charge >= 0.3 is 0 Å². The van der Waals surface area contributed by atoms with E-state index in [1.165, 1.54) is 6.07 Å². The molecule has 0 radical (unpaired) electrons. The van der Waals surface area contributed by atoms with Crippen molar-refractivity contribution in [3.63, 3.8) is 0 Å². The van der Waals surface area contributed by atoms with Crippen molar-refractivity contribution in [2.45, 2.75) is 31.9 Å². The second-order valence-corrected chi connectivity index (χ2v) is 4.38. The Morgan fingerprint density at radius 2 is 1.93 bits per heavy atom. The molecule has 1 aliphatic rings. The van der Waals surface area contributed by atoms with Crippen LogP contribution in [0.3, 0.4) is 0 Å². The lowest BCUT2D eigenvalue weighted by atomic mass is 9.86. The second kappa shape index (κ2) is 2.75. The molecule has 1 aromatic rings. The highest BCUT2D eigenvalue weighted by atomic mass is 19.2. The Morgan fingerprint density at radius 1 is 1.29 bits per heavy atom. The van der Waals surface area contributed by atoms with Gasteiger partial charge in [0.05, 0.1) is 0 Å². The molecule has 1 atom stereocenters. The Labute approximate surface area is 80.7 Å². The van der Waals surface area contributed by atoms with E-state index in [2.05, 4.69) is 0 Å². The smallest absolute Gasteiger partial charge is 0.165 e. The Balaban J connectivity index is 2.69. The van der Waals surface area contributed by atoms with Gasteiger partial charge in [-0.25, -0.2) is 13.2 Å². The predicted molar refractivity (Wildman–Crippen MR) is 47.9 cm³/mol. The highest BCUT2D eigenvalue weighted by Gasteiger charge is 2.39. The Kier molecular flexibility index (Phi) is 1.88. The van der Waals surface area contributed by atoms with Crippen LogP contribution in [0.2, 0.25) is 0 Å². The molecule has 1 aromatic carbocycles. The second-order valence-electron chi connectivity index (χ2n) is 4.38. The highest BCUT2D eigenvalue weighted by molar-refractivity contribution is 5.41. The number of benzene rings is 1. The minimum absolute atomic E-state index is 0.0880. The standard InChI is InChI=1S/C11H11F3/c1-11(2)5-8(13)9-6(11)3-4-7(12)10(9)14/h3-4,8H,5H2,1-2H3. The van der Waals surface area contributed by atoms with E-state index in [4.69, 9.17) is 0 Å². The first-order chi connectivity index (χ1) is 6.43. The van der Waals surface area contributed by atoms with Gasteiger partial charge in [0.15, 0.2) is 11.6 Å². The fraction of sp³-hybridized carbons (Fsp3) is 0.455. The van der Waals surface area contributed by atoms with Crippen LogP contribution >= 0.6 is 0 Å². The Morgan fingerprint density at radius 3 is 2.57 bits per heavy atom. The van der Waals surface area contributed by atoms with Crippen molar-refractivity contribution in [2.24, 2.45) is 0 Å². The molecule has 0 amide bonds. The minimum Gasteiger partial charge on any atom is -0.242 e. The maximum Gasteiger partial charge on any atom is 0.165 e. The minimum atomic E-state index is -1.38. The molecule has 2 rings (SSSR count). The van der Waals surface area contributed by atoms with Crippen molar-refractivity contribution in [3.8, 4) is 0 Å². The summed E-state index contributed by atoms with van der Waals surface area (Å²) in [6, 6.07) is 2.54. The lowest BCUT2D eigenvalue weighted by Crippen LogP contribution is -2.12. The molecule has 0 nitrogen and oxygen atoms in total.